The molecule has 0 aliphatic heterocycles. The molecule has 1 aromatic heterocycles. The lowest BCUT2D eigenvalue weighted by Crippen LogP contribution is -2.28. The fourth-order valence-electron chi connectivity index (χ4n) is 1.73. The Kier molecular flexibility index (Phi) is 3.72. The summed E-state index contributed by atoms with van der Waals surface area (Å²) >= 11 is 0. The summed E-state index contributed by atoms with van der Waals surface area (Å²) in [5, 5.41) is 10.4. The van der Waals surface area contributed by atoms with Crippen molar-refractivity contribution in [2.24, 2.45) is 0 Å². The minimum absolute atomic E-state index is 0.0451. The van der Waals surface area contributed by atoms with Crippen molar-refractivity contribution in [3.05, 3.63) is 47.3 Å². The van der Waals surface area contributed by atoms with Crippen LogP contribution in [0.1, 0.15) is 21.5 Å². The third-order valence-corrected chi connectivity index (χ3v) is 2.95. The predicted molar refractivity (Wildman–Crippen MR) is 68.3 cm³/mol. The highest BCUT2D eigenvalue weighted by Gasteiger charge is 2.09. The number of benzene rings is 1. The van der Waals surface area contributed by atoms with E-state index in [9.17, 15) is 4.79 Å². The molecule has 0 fully saturated rings. The molecule has 18 heavy (non-hydrogen) atoms. The van der Waals surface area contributed by atoms with E-state index in [0.717, 1.165) is 16.7 Å². The van der Waals surface area contributed by atoms with Crippen molar-refractivity contribution in [3.63, 3.8) is 0 Å². The maximum absolute atomic E-state index is 12.0. The second-order valence-corrected chi connectivity index (χ2v) is 4.17. The van der Waals surface area contributed by atoms with Crippen LogP contribution in [0.15, 0.2) is 30.6 Å². The van der Waals surface area contributed by atoms with Crippen LogP contribution in [0.3, 0.4) is 0 Å². The third kappa shape index (κ3) is 2.74. The number of carbonyl (C=O) groups excluding carboxylic acids is 1. The molecule has 0 atom stereocenters. The van der Waals surface area contributed by atoms with Crippen molar-refractivity contribution in [1.82, 2.24) is 20.3 Å². The number of aryl methyl sites for hydroxylation is 1. The second-order valence-electron chi connectivity index (χ2n) is 4.17. The molecule has 0 aliphatic carbocycles. The van der Waals surface area contributed by atoms with Crippen LogP contribution in [0, 0.1) is 13.8 Å². The summed E-state index contributed by atoms with van der Waals surface area (Å²) in [6.07, 6.45) is 3.39. The first-order chi connectivity index (χ1) is 8.68. The Labute approximate surface area is 106 Å². The van der Waals surface area contributed by atoms with Crippen LogP contribution in [0.5, 0.6) is 0 Å². The monoisotopic (exact) mass is 244 g/mol. The van der Waals surface area contributed by atoms with Gasteiger partial charge in [0.05, 0.1) is 12.7 Å². The SMILES string of the molecule is Cc1cccc(C(=O)NCCn2ccnn2)c1C. The lowest BCUT2D eigenvalue weighted by atomic mass is 10.0. The van der Waals surface area contributed by atoms with Crippen LogP contribution in [-0.4, -0.2) is 27.4 Å². The quantitative estimate of drug-likeness (QED) is 0.882. The van der Waals surface area contributed by atoms with Gasteiger partial charge in [-0.1, -0.05) is 17.3 Å². The van der Waals surface area contributed by atoms with Gasteiger partial charge in [0, 0.05) is 18.3 Å². The zero-order chi connectivity index (χ0) is 13.0. The van der Waals surface area contributed by atoms with Crippen molar-refractivity contribution >= 4 is 5.91 Å². The van der Waals surface area contributed by atoms with Crippen LogP contribution in [-0.2, 0) is 6.54 Å². The average molecular weight is 244 g/mol. The van der Waals surface area contributed by atoms with Crippen LogP contribution < -0.4 is 5.32 Å². The molecule has 0 aliphatic rings. The molecule has 1 heterocycles. The highest BCUT2D eigenvalue weighted by Crippen LogP contribution is 2.12. The Morgan fingerprint density at radius 1 is 1.39 bits per heavy atom. The van der Waals surface area contributed by atoms with Crippen molar-refractivity contribution in [2.45, 2.75) is 20.4 Å². The molecule has 2 aromatic rings. The van der Waals surface area contributed by atoms with Crippen LogP contribution in [0.25, 0.3) is 0 Å². The van der Waals surface area contributed by atoms with Gasteiger partial charge in [-0.2, -0.15) is 0 Å². The number of hydrogen-bond donors (Lipinski definition) is 1. The highest BCUT2D eigenvalue weighted by atomic mass is 16.1. The molecular weight excluding hydrogens is 228 g/mol. The maximum atomic E-state index is 12.0. The van der Waals surface area contributed by atoms with Gasteiger partial charge in [-0.15, -0.1) is 5.10 Å². The topological polar surface area (TPSA) is 59.8 Å². The van der Waals surface area contributed by atoms with Gasteiger partial charge >= 0.3 is 0 Å². The smallest absolute Gasteiger partial charge is 0.251 e. The van der Waals surface area contributed by atoms with E-state index in [0.29, 0.717) is 13.1 Å². The zero-order valence-electron chi connectivity index (χ0n) is 10.6. The van der Waals surface area contributed by atoms with Crippen molar-refractivity contribution in [1.29, 1.82) is 0 Å². The molecule has 0 saturated carbocycles. The Bertz CT molecular complexity index is 534. The molecule has 0 saturated heterocycles. The summed E-state index contributed by atoms with van der Waals surface area (Å²) in [7, 11) is 0. The Balaban J connectivity index is 1.93. The van der Waals surface area contributed by atoms with Crippen molar-refractivity contribution in [3.8, 4) is 0 Å². The van der Waals surface area contributed by atoms with Gasteiger partial charge in [0.25, 0.3) is 5.91 Å². The molecular formula is C13H16N4O. The molecule has 1 amide bonds. The molecule has 1 N–H and O–H groups in total. The first kappa shape index (κ1) is 12.3. The number of nitrogens with zero attached hydrogens (tertiary/aromatic N) is 3. The first-order valence-electron chi connectivity index (χ1n) is 5.87. The summed E-state index contributed by atoms with van der Waals surface area (Å²) in [6, 6.07) is 5.74. The summed E-state index contributed by atoms with van der Waals surface area (Å²) < 4.78 is 1.68. The summed E-state index contributed by atoms with van der Waals surface area (Å²) in [6.45, 7) is 5.12. The molecule has 5 heteroatoms. The van der Waals surface area contributed by atoms with Crippen molar-refractivity contribution in [2.75, 3.05) is 6.54 Å². The van der Waals surface area contributed by atoms with Crippen LogP contribution in [0.2, 0.25) is 0 Å². The van der Waals surface area contributed by atoms with Gasteiger partial charge in [-0.05, 0) is 31.0 Å². The number of carbonyl (C=O) groups is 1. The van der Waals surface area contributed by atoms with Gasteiger partial charge < -0.3 is 5.32 Å². The van der Waals surface area contributed by atoms with Gasteiger partial charge in [0.1, 0.15) is 0 Å². The van der Waals surface area contributed by atoms with E-state index in [2.05, 4.69) is 15.6 Å². The molecule has 0 bridgehead atoms. The number of amides is 1. The fraction of sp³-hybridized carbons (Fsp3) is 0.308. The molecule has 94 valence electrons. The Hall–Kier alpha value is -2.17. The largest absolute Gasteiger partial charge is 0.350 e. The standard InChI is InChI=1S/C13H16N4O/c1-10-4-3-5-12(11(10)2)13(18)14-6-8-17-9-7-15-16-17/h3-5,7,9H,6,8H2,1-2H3,(H,14,18). The lowest BCUT2D eigenvalue weighted by Gasteiger charge is -2.09. The van der Waals surface area contributed by atoms with E-state index < -0.39 is 0 Å². The number of nitrogens with one attached hydrogen (secondary N) is 1. The van der Waals surface area contributed by atoms with E-state index >= 15 is 0 Å². The maximum Gasteiger partial charge on any atom is 0.251 e. The van der Waals surface area contributed by atoms with Gasteiger partial charge in [-0.25, -0.2) is 0 Å². The highest BCUT2D eigenvalue weighted by molar-refractivity contribution is 5.95. The van der Waals surface area contributed by atoms with E-state index in [1.165, 1.54) is 0 Å². The predicted octanol–water partition coefficient (Wildman–Crippen LogP) is 1.32. The first-order valence-corrected chi connectivity index (χ1v) is 5.87. The summed E-state index contributed by atoms with van der Waals surface area (Å²) in [4.78, 5) is 12.0. The van der Waals surface area contributed by atoms with E-state index in [4.69, 9.17) is 0 Å². The van der Waals surface area contributed by atoms with Gasteiger partial charge in [0.2, 0.25) is 0 Å². The third-order valence-electron chi connectivity index (χ3n) is 2.95. The van der Waals surface area contributed by atoms with Crippen LogP contribution >= 0.6 is 0 Å². The summed E-state index contributed by atoms with van der Waals surface area (Å²) in [5.41, 5.74) is 2.88. The van der Waals surface area contributed by atoms with Gasteiger partial charge in [-0.3, -0.25) is 9.48 Å². The number of aromatic nitrogens is 3. The normalized spacial score (nSPS) is 10.3. The fourth-order valence-corrected chi connectivity index (χ4v) is 1.73. The van der Waals surface area contributed by atoms with E-state index in [1.807, 2.05) is 32.0 Å². The molecule has 2 rings (SSSR count). The summed E-state index contributed by atoms with van der Waals surface area (Å²) in [5.74, 6) is -0.0451. The van der Waals surface area contributed by atoms with Crippen LogP contribution in [0.4, 0.5) is 0 Å². The van der Waals surface area contributed by atoms with Gasteiger partial charge in [0.15, 0.2) is 0 Å². The zero-order valence-corrected chi connectivity index (χ0v) is 10.6. The average Bonchev–Trinajstić information content (AvgIpc) is 2.85. The molecule has 0 spiro atoms. The molecule has 0 unspecified atom stereocenters. The second kappa shape index (κ2) is 5.44. The Morgan fingerprint density at radius 3 is 2.94 bits per heavy atom. The Morgan fingerprint density at radius 2 is 2.22 bits per heavy atom. The molecule has 0 radical (unpaired) electrons. The molecule has 5 nitrogen and oxygen atoms in total. The molecule has 1 aromatic carbocycles. The minimum atomic E-state index is -0.0451. The number of hydrogen-bond acceptors (Lipinski definition) is 3. The van der Waals surface area contributed by atoms with E-state index in [-0.39, 0.29) is 5.91 Å². The lowest BCUT2D eigenvalue weighted by molar-refractivity contribution is 0.0951. The minimum Gasteiger partial charge on any atom is -0.350 e. The van der Waals surface area contributed by atoms with Crippen molar-refractivity contribution < 1.29 is 4.79 Å². The number of rotatable bonds is 4. The van der Waals surface area contributed by atoms with E-state index in [1.54, 1.807) is 17.1 Å².